The minimum Gasteiger partial charge on any atom is -0.326 e. The second-order valence-corrected chi connectivity index (χ2v) is 5.41. The Morgan fingerprint density at radius 3 is 2.56 bits per heavy atom. The van der Waals surface area contributed by atoms with Gasteiger partial charge in [0, 0.05) is 12.6 Å². The highest BCUT2D eigenvalue weighted by Gasteiger charge is 2.37. The molecule has 0 aromatic carbocycles. The number of hydrogen-bond acceptors (Lipinski definition) is 3. The molecule has 1 rings (SSSR count). The van der Waals surface area contributed by atoms with Crippen LogP contribution in [0.2, 0.25) is 0 Å². The third-order valence-electron chi connectivity index (χ3n) is 3.05. The van der Waals surface area contributed by atoms with E-state index in [1.807, 2.05) is 13.8 Å². The molecular formula is C13H25N3O2. The van der Waals surface area contributed by atoms with Crippen molar-refractivity contribution in [2.45, 2.75) is 52.6 Å². The Morgan fingerprint density at radius 2 is 2.00 bits per heavy atom. The summed E-state index contributed by atoms with van der Waals surface area (Å²) < 4.78 is 0. The van der Waals surface area contributed by atoms with Crippen molar-refractivity contribution in [2.75, 3.05) is 13.1 Å². The van der Waals surface area contributed by atoms with Gasteiger partial charge in [-0.15, -0.1) is 0 Å². The second-order valence-electron chi connectivity index (χ2n) is 5.41. The van der Waals surface area contributed by atoms with Crippen LogP contribution in [0.15, 0.2) is 0 Å². The van der Waals surface area contributed by atoms with Crippen LogP contribution in [0.4, 0.5) is 4.79 Å². The number of nitrogens with zero attached hydrogens (tertiary/aromatic N) is 1. The van der Waals surface area contributed by atoms with Crippen molar-refractivity contribution in [3.05, 3.63) is 0 Å². The zero-order chi connectivity index (χ0) is 13.7. The van der Waals surface area contributed by atoms with Crippen LogP contribution in [0.25, 0.3) is 0 Å². The molecule has 0 spiro atoms. The molecule has 0 saturated carbocycles. The smallest absolute Gasteiger partial charge is 0.324 e. The number of hydrogen-bond donors (Lipinski definition) is 2. The molecule has 0 aliphatic carbocycles. The van der Waals surface area contributed by atoms with E-state index in [0.29, 0.717) is 12.6 Å². The van der Waals surface area contributed by atoms with Gasteiger partial charge >= 0.3 is 6.03 Å². The van der Waals surface area contributed by atoms with Gasteiger partial charge in [-0.1, -0.05) is 34.1 Å². The fourth-order valence-corrected chi connectivity index (χ4v) is 2.05. The highest BCUT2D eigenvalue weighted by molar-refractivity contribution is 6.04. The van der Waals surface area contributed by atoms with Gasteiger partial charge in [0.05, 0.1) is 0 Å². The van der Waals surface area contributed by atoms with E-state index in [1.165, 1.54) is 4.90 Å². The number of nitrogens with one attached hydrogen (secondary N) is 2. The maximum atomic E-state index is 12.0. The topological polar surface area (TPSA) is 61.4 Å². The lowest BCUT2D eigenvalue weighted by atomic mass is 10.1. The number of carbonyl (C=O) groups is 2. The summed E-state index contributed by atoms with van der Waals surface area (Å²) in [5, 5.41) is 6.06. The van der Waals surface area contributed by atoms with E-state index in [4.69, 9.17) is 0 Å². The van der Waals surface area contributed by atoms with Crippen LogP contribution in [-0.2, 0) is 4.79 Å². The molecular weight excluding hydrogens is 230 g/mol. The van der Waals surface area contributed by atoms with E-state index < -0.39 is 0 Å². The monoisotopic (exact) mass is 255 g/mol. The molecule has 1 fully saturated rings. The van der Waals surface area contributed by atoms with Crippen molar-refractivity contribution < 1.29 is 9.59 Å². The molecule has 1 aliphatic heterocycles. The average molecular weight is 255 g/mol. The van der Waals surface area contributed by atoms with Crippen LogP contribution in [0.1, 0.15) is 40.5 Å². The highest BCUT2D eigenvalue weighted by atomic mass is 16.2. The summed E-state index contributed by atoms with van der Waals surface area (Å²) in [4.78, 5) is 25.1. The highest BCUT2D eigenvalue weighted by Crippen LogP contribution is 2.13. The van der Waals surface area contributed by atoms with Gasteiger partial charge in [0.2, 0.25) is 0 Å². The molecule has 104 valence electrons. The lowest BCUT2D eigenvalue weighted by Crippen LogP contribution is -2.39. The standard InChI is InChI=1S/C13H25N3O2/c1-5-6-11-12(17)16(13(18)15-11)8-10(4)7-14-9(2)3/h9-11,14H,5-8H2,1-4H3,(H,15,18). The molecule has 0 bridgehead atoms. The third-order valence-corrected chi connectivity index (χ3v) is 3.05. The van der Waals surface area contributed by atoms with Crippen LogP contribution in [0, 0.1) is 5.92 Å². The van der Waals surface area contributed by atoms with Crippen LogP contribution in [0.5, 0.6) is 0 Å². The van der Waals surface area contributed by atoms with E-state index in [0.717, 1.165) is 19.4 Å². The summed E-state index contributed by atoms with van der Waals surface area (Å²) in [6.07, 6.45) is 1.62. The first-order chi connectivity index (χ1) is 8.45. The first kappa shape index (κ1) is 15.0. The molecule has 0 aromatic heterocycles. The lowest BCUT2D eigenvalue weighted by Gasteiger charge is -2.20. The molecule has 5 nitrogen and oxygen atoms in total. The molecule has 0 radical (unpaired) electrons. The third kappa shape index (κ3) is 3.98. The lowest BCUT2D eigenvalue weighted by molar-refractivity contribution is -0.128. The number of urea groups is 1. The molecule has 18 heavy (non-hydrogen) atoms. The minimum atomic E-state index is -0.312. The van der Waals surface area contributed by atoms with Crippen LogP contribution in [0.3, 0.4) is 0 Å². The van der Waals surface area contributed by atoms with Crippen molar-refractivity contribution in [3.63, 3.8) is 0 Å². The summed E-state index contributed by atoms with van der Waals surface area (Å²) in [6, 6.07) is -0.133. The molecule has 0 aromatic rings. The minimum absolute atomic E-state index is 0.0711. The SMILES string of the molecule is CCCC1NC(=O)N(CC(C)CNC(C)C)C1=O. The van der Waals surface area contributed by atoms with Crippen LogP contribution >= 0.6 is 0 Å². The van der Waals surface area contributed by atoms with Gasteiger partial charge in [0.25, 0.3) is 5.91 Å². The quantitative estimate of drug-likeness (QED) is 0.675. The van der Waals surface area contributed by atoms with Gasteiger partial charge in [-0.2, -0.15) is 0 Å². The second kappa shape index (κ2) is 6.73. The van der Waals surface area contributed by atoms with Gasteiger partial charge in [0.15, 0.2) is 0 Å². The fraction of sp³-hybridized carbons (Fsp3) is 0.846. The summed E-state index contributed by atoms with van der Waals surface area (Å²) >= 11 is 0. The molecule has 2 N–H and O–H groups in total. The van der Waals surface area contributed by atoms with Gasteiger partial charge < -0.3 is 10.6 Å². The van der Waals surface area contributed by atoms with Crippen molar-refractivity contribution >= 4 is 11.9 Å². The predicted octanol–water partition coefficient (Wildman–Crippen LogP) is 1.34. The summed E-state index contributed by atoms with van der Waals surface area (Å²) in [5.41, 5.74) is 0. The maximum Gasteiger partial charge on any atom is 0.324 e. The number of rotatable bonds is 7. The Labute approximate surface area is 109 Å². The van der Waals surface area contributed by atoms with Crippen molar-refractivity contribution in [3.8, 4) is 0 Å². The molecule has 2 unspecified atom stereocenters. The van der Waals surface area contributed by atoms with Crippen molar-refractivity contribution in [2.24, 2.45) is 5.92 Å². The zero-order valence-corrected chi connectivity index (χ0v) is 11.8. The Kier molecular flexibility index (Phi) is 5.59. The molecule has 5 heteroatoms. The normalized spacial score (nSPS) is 21.6. The van der Waals surface area contributed by atoms with Crippen LogP contribution in [-0.4, -0.2) is 42.0 Å². The number of imide groups is 1. The molecule has 1 aliphatic rings. The Morgan fingerprint density at radius 1 is 1.33 bits per heavy atom. The van der Waals surface area contributed by atoms with Gasteiger partial charge in [-0.25, -0.2) is 4.79 Å². The summed E-state index contributed by atoms with van der Waals surface area (Å²) in [7, 11) is 0. The Bertz CT molecular complexity index is 305. The molecule has 3 amide bonds. The summed E-state index contributed by atoms with van der Waals surface area (Å²) in [5.74, 6) is 0.195. The van der Waals surface area contributed by atoms with Crippen molar-refractivity contribution in [1.29, 1.82) is 0 Å². The average Bonchev–Trinajstić information content (AvgIpc) is 2.55. The summed E-state index contributed by atoms with van der Waals surface area (Å²) in [6.45, 7) is 9.52. The van der Waals surface area contributed by atoms with E-state index in [1.54, 1.807) is 0 Å². The molecule has 1 saturated heterocycles. The van der Waals surface area contributed by atoms with Crippen LogP contribution < -0.4 is 10.6 Å². The predicted molar refractivity (Wildman–Crippen MR) is 71.2 cm³/mol. The number of carbonyl (C=O) groups excluding carboxylic acids is 2. The van der Waals surface area contributed by atoms with Gasteiger partial charge in [-0.3, -0.25) is 9.69 Å². The zero-order valence-electron chi connectivity index (χ0n) is 11.8. The largest absolute Gasteiger partial charge is 0.326 e. The molecule has 2 atom stereocenters. The molecule has 1 heterocycles. The van der Waals surface area contributed by atoms with Gasteiger partial charge in [0.1, 0.15) is 6.04 Å². The first-order valence-corrected chi connectivity index (χ1v) is 6.81. The van der Waals surface area contributed by atoms with Gasteiger partial charge in [-0.05, 0) is 18.9 Å². The fourth-order valence-electron chi connectivity index (χ4n) is 2.05. The van der Waals surface area contributed by atoms with E-state index in [9.17, 15) is 9.59 Å². The van der Waals surface area contributed by atoms with E-state index >= 15 is 0 Å². The first-order valence-electron chi connectivity index (χ1n) is 6.81. The Balaban J connectivity index is 2.46. The van der Waals surface area contributed by atoms with Crippen molar-refractivity contribution in [1.82, 2.24) is 15.5 Å². The Hall–Kier alpha value is -1.10. The number of amides is 3. The maximum absolute atomic E-state index is 12.0. The van der Waals surface area contributed by atoms with E-state index in [-0.39, 0.29) is 23.9 Å². The van der Waals surface area contributed by atoms with E-state index in [2.05, 4.69) is 24.5 Å².